The monoisotopic (exact) mass is 411 g/mol. The summed E-state index contributed by atoms with van der Waals surface area (Å²) >= 11 is 0. The van der Waals surface area contributed by atoms with Crippen LogP contribution in [0.3, 0.4) is 0 Å². The lowest BCUT2D eigenvalue weighted by Gasteiger charge is -2.18. The average Bonchev–Trinajstić information content (AvgIpc) is 3.24. The Morgan fingerprint density at radius 1 is 1.20 bits per heavy atom. The molecule has 158 valence electrons. The zero-order chi connectivity index (χ0) is 21.7. The molecule has 0 spiro atoms. The van der Waals surface area contributed by atoms with E-state index in [2.05, 4.69) is 10.3 Å². The van der Waals surface area contributed by atoms with Crippen molar-refractivity contribution in [2.24, 2.45) is 12.2 Å². The summed E-state index contributed by atoms with van der Waals surface area (Å²) < 4.78 is 18.3. The molecule has 0 aliphatic carbocycles. The number of hydrogen-bond acceptors (Lipinski definition) is 7. The van der Waals surface area contributed by atoms with E-state index in [1.54, 1.807) is 50.8 Å². The highest BCUT2D eigenvalue weighted by molar-refractivity contribution is 5.86. The average molecular weight is 411 g/mol. The zero-order valence-corrected chi connectivity index (χ0v) is 17.7. The molecule has 0 unspecified atom stereocenters. The fourth-order valence-corrected chi connectivity index (χ4v) is 2.61. The predicted octanol–water partition coefficient (Wildman–Crippen LogP) is 4.62. The summed E-state index contributed by atoms with van der Waals surface area (Å²) in [5.74, 6) is 1.30. The molecule has 0 amide bonds. The van der Waals surface area contributed by atoms with Crippen molar-refractivity contribution in [2.75, 3.05) is 0 Å². The summed E-state index contributed by atoms with van der Waals surface area (Å²) in [4.78, 5) is 17.3. The Morgan fingerprint density at radius 2 is 1.93 bits per heavy atom. The van der Waals surface area contributed by atoms with Crippen LogP contribution in [0.25, 0.3) is 0 Å². The van der Waals surface area contributed by atoms with Gasteiger partial charge >= 0.3 is 5.97 Å². The van der Waals surface area contributed by atoms with Gasteiger partial charge < -0.3 is 18.7 Å². The Hall–Kier alpha value is -3.55. The first-order valence-electron chi connectivity index (χ1n) is 9.47. The maximum Gasteiger partial charge on any atom is 0.374 e. The number of furan rings is 1. The van der Waals surface area contributed by atoms with Crippen molar-refractivity contribution < 1.29 is 23.5 Å². The second-order valence-corrected chi connectivity index (χ2v) is 7.62. The number of rotatable bonds is 7. The molecule has 2 heterocycles. The molecule has 0 radical (unpaired) electrons. The molecule has 3 rings (SSSR count). The summed E-state index contributed by atoms with van der Waals surface area (Å²) in [7, 11) is 1.80. The number of carbonyl (C=O) groups excluding carboxylic acids is 1. The molecule has 0 atom stereocenters. The van der Waals surface area contributed by atoms with E-state index in [4.69, 9.17) is 18.7 Å². The Labute approximate surface area is 175 Å². The number of ether oxygens (including phenoxy) is 2. The van der Waals surface area contributed by atoms with E-state index >= 15 is 0 Å². The van der Waals surface area contributed by atoms with Gasteiger partial charge in [0.05, 0.1) is 17.5 Å². The lowest BCUT2D eigenvalue weighted by atomic mass is 10.2. The smallest absolute Gasteiger partial charge is 0.374 e. The molecule has 8 nitrogen and oxygen atoms in total. The summed E-state index contributed by atoms with van der Waals surface area (Å²) in [5.41, 5.74) is 0.864. The third-order valence-electron chi connectivity index (χ3n) is 3.90. The van der Waals surface area contributed by atoms with Crippen molar-refractivity contribution in [2.45, 2.75) is 39.9 Å². The van der Waals surface area contributed by atoms with Crippen LogP contribution in [0, 0.1) is 6.92 Å². The van der Waals surface area contributed by atoms with E-state index < -0.39 is 11.6 Å². The molecular weight excluding hydrogens is 386 g/mol. The van der Waals surface area contributed by atoms with Crippen LogP contribution in [0.1, 0.15) is 48.3 Å². The Bertz CT molecular complexity index is 1030. The van der Waals surface area contributed by atoms with E-state index in [1.165, 1.54) is 0 Å². The van der Waals surface area contributed by atoms with Crippen LogP contribution in [0.15, 0.2) is 52.0 Å². The fraction of sp³-hybridized carbons (Fsp3) is 0.318. The third kappa shape index (κ3) is 5.50. The summed E-state index contributed by atoms with van der Waals surface area (Å²) in [6.07, 6.45) is 1.54. The summed E-state index contributed by atoms with van der Waals surface area (Å²) in [6, 6.07) is 12.6. The maximum atomic E-state index is 12.0. The van der Waals surface area contributed by atoms with Crippen LogP contribution in [-0.4, -0.2) is 27.6 Å². The van der Waals surface area contributed by atoms with Crippen molar-refractivity contribution in [3.63, 3.8) is 0 Å². The number of esters is 1. The van der Waals surface area contributed by atoms with Crippen LogP contribution < -0.4 is 4.74 Å². The summed E-state index contributed by atoms with van der Waals surface area (Å²) in [5, 5.41) is 8.36. The van der Waals surface area contributed by atoms with Gasteiger partial charge in [-0.2, -0.15) is 5.10 Å². The SMILES string of the molecule is Cc1nn(C)c(Oc2ccccc2)c1C=NOCc1ccc(C(=O)OC(C)(C)C)o1. The van der Waals surface area contributed by atoms with Gasteiger partial charge in [-0.1, -0.05) is 23.4 Å². The lowest BCUT2D eigenvalue weighted by molar-refractivity contribution is 0.00306. The largest absolute Gasteiger partial charge is 0.454 e. The molecule has 0 aliphatic rings. The topological polar surface area (TPSA) is 88.1 Å². The minimum absolute atomic E-state index is 0.0630. The number of carbonyl (C=O) groups is 1. The molecule has 0 fully saturated rings. The molecule has 0 bridgehead atoms. The number of para-hydroxylation sites is 1. The minimum Gasteiger partial charge on any atom is -0.454 e. The number of hydrogen-bond donors (Lipinski definition) is 0. The van der Waals surface area contributed by atoms with Crippen molar-refractivity contribution in [1.82, 2.24) is 9.78 Å². The van der Waals surface area contributed by atoms with Crippen molar-refractivity contribution in [3.05, 3.63) is 65.2 Å². The summed E-state index contributed by atoms with van der Waals surface area (Å²) in [6.45, 7) is 7.31. The van der Waals surface area contributed by atoms with Gasteiger partial charge in [0, 0.05) is 7.05 Å². The molecule has 8 heteroatoms. The predicted molar refractivity (Wildman–Crippen MR) is 111 cm³/mol. The van der Waals surface area contributed by atoms with Gasteiger partial charge in [0.15, 0.2) is 6.61 Å². The van der Waals surface area contributed by atoms with E-state index in [1.807, 2.05) is 37.3 Å². The Kier molecular flexibility index (Phi) is 6.25. The van der Waals surface area contributed by atoms with Crippen molar-refractivity contribution in [3.8, 4) is 11.6 Å². The van der Waals surface area contributed by atoms with Crippen LogP contribution in [-0.2, 0) is 23.2 Å². The molecule has 30 heavy (non-hydrogen) atoms. The van der Waals surface area contributed by atoms with E-state index in [0.29, 0.717) is 23.0 Å². The van der Waals surface area contributed by atoms with Crippen molar-refractivity contribution in [1.29, 1.82) is 0 Å². The number of nitrogens with zero attached hydrogens (tertiary/aromatic N) is 3. The van der Waals surface area contributed by atoms with Gasteiger partial charge in [0.2, 0.25) is 11.6 Å². The number of benzene rings is 1. The molecular formula is C22H25N3O5. The number of aromatic nitrogens is 2. The Morgan fingerprint density at radius 3 is 2.63 bits per heavy atom. The quantitative estimate of drug-likeness (QED) is 0.320. The van der Waals surface area contributed by atoms with Crippen LogP contribution >= 0.6 is 0 Å². The first-order valence-corrected chi connectivity index (χ1v) is 9.47. The highest BCUT2D eigenvalue weighted by Gasteiger charge is 2.20. The highest BCUT2D eigenvalue weighted by atomic mass is 16.6. The third-order valence-corrected chi connectivity index (χ3v) is 3.90. The van der Waals surface area contributed by atoms with E-state index in [9.17, 15) is 4.79 Å². The second kappa shape index (κ2) is 8.86. The molecule has 0 aliphatic heterocycles. The molecule has 3 aromatic rings. The minimum atomic E-state index is -0.591. The molecule has 1 aromatic carbocycles. The number of aryl methyl sites for hydroxylation is 2. The first-order chi connectivity index (χ1) is 14.2. The Balaban J connectivity index is 1.62. The second-order valence-electron chi connectivity index (χ2n) is 7.62. The van der Waals surface area contributed by atoms with Crippen molar-refractivity contribution >= 4 is 12.2 Å². The van der Waals surface area contributed by atoms with E-state index in [0.717, 1.165) is 5.69 Å². The van der Waals surface area contributed by atoms with E-state index in [-0.39, 0.29) is 12.4 Å². The van der Waals surface area contributed by atoms with Crippen LogP contribution in [0.2, 0.25) is 0 Å². The normalized spacial score (nSPS) is 11.6. The van der Waals surface area contributed by atoms with Gasteiger partial charge in [-0.05, 0) is 52.0 Å². The first kappa shape index (κ1) is 21.2. The van der Waals surface area contributed by atoms with Gasteiger partial charge in [0.1, 0.15) is 17.1 Å². The molecule has 0 N–H and O–H groups in total. The fourth-order valence-electron chi connectivity index (χ4n) is 2.61. The molecule has 0 saturated carbocycles. The maximum absolute atomic E-state index is 12.0. The van der Waals surface area contributed by atoms with Crippen LogP contribution in [0.5, 0.6) is 11.6 Å². The van der Waals surface area contributed by atoms with Crippen LogP contribution in [0.4, 0.5) is 0 Å². The van der Waals surface area contributed by atoms with Gasteiger partial charge in [0.25, 0.3) is 0 Å². The van der Waals surface area contributed by atoms with Gasteiger partial charge in [-0.25, -0.2) is 9.48 Å². The zero-order valence-electron chi connectivity index (χ0n) is 17.7. The number of oxime groups is 1. The van der Waals surface area contributed by atoms with Gasteiger partial charge in [-0.15, -0.1) is 0 Å². The molecule has 2 aromatic heterocycles. The standard InChI is InChI=1S/C22H25N3O5/c1-15-18(20(25(5)24-15)29-16-9-7-6-8-10-16)13-23-27-14-17-11-12-19(28-17)21(26)30-22(2,3)4/h6-13H,14H2,1-5H3. The molecule has 0 saturated heterocycles. The highest BCUT2D eigenvalue weighted by Crippen LogP contribution is 2.25. The van der Waals surface area contributed by atoms with Gasteiger partial charge in [-0.3, -0.25) is 0 Å². The lowest BCUT2D eigenvalue weighted by Crippen LogP contribution is -2.23.